The SMILES string of the molecule is CC(O[Si](C)(C)C(C)(C)C)c1ccnc(-n2ncc3ccc(Br)cc32)n1. The minimum atomic E-state index is -1.87. The van der Waals surface area contributed by atoms with Crippen molar-refractivity contribution in [3.05, 3.63) is 46.8 Å². The Bertz CT molecular complexity index is 933. The fourth-order valence-corrected chi connectivity index (χ4v) is 4.23. The van der Waals surface area contributed by atoms with Crippen LogP contribution < -0.4 is 0 Å². The van der Waals surface area contributed by atoms with E-state index in [0.29, 0.717) is 5.95 Å². The van der Waals surface area contributed by atoms with Crippen LogP contribution in [0.4, 0.5) is 0 Å². The first-order chi connectivity index (χ1) is 12.1. The molecule has 3 aromatic rings. The maximum Gasteiger partial charge on any atom is 0.251 e. The summed E-state index contributed by atoms with van der Waals surface area (Å²) < 4.78 is 9.24. The Balaban J connectivity index is 1.94. The first-order valence-corrected chi connectivity index (χ1v) is 12.4. The van der Waals surface area contributed by atoms with Crippen LogP contribution in [0.2, 0.25) is 18.1 Å². The molecule has 1 atom stereocenters. The molecule has 0 bridgehead atoms. The number of benzene rings is 1. The molecule has 0 aliphatic carbocycles. The molecule has 3 rings (SSSR count). The van der Waals surface area contributed by atoms with E-state index in [0.717, 1.165) is 21.1 Å². The summed E-state index contributed by atoms with van der Waals surface area (Å²) in [5, 5.41) is 5.66. The molecule has 0 amide bonds. The van der Waals surface area contributed by atoms with Gasteiger partial charge in [-0.1, -0.05) is 42.8 Å². The molecule has 2 aromatic heterocycles. The van der Waals surface area contributed by atoms with E-state index in [2.05, 4.69) is 66.8 Å². The Hall–Kier alpha value is -1.57. The van der Waals surface area contributed by atoms with Gasteiger partial charge in [-0.05, 0) is 43.3 Å². The molecule has 0 N–H and O–H groups in total. The zero-order valence-electron chi connectivity index (χ0n) is 16.1. The minimum absolute atomic E-state index is 0.0915. The topological polar surface area (TPSA) is 52.8 Å². The van der Waals surface area contributed by atoms with Crippen LogP contribution in [-0.2, 0) is 4.43 Å². The maximum atomic E-state index is 6.48. The fraction of sp³-hybridized carbons (Fsp3) is 0.421. The van der Waals surface area contributed by atoms with Gasteiger partial charge < -0.3 is 4.43 Å². The third-order valence-corrected chi connectivity index (χ3v) is 10.1. The van der Waals surface area contributed by atoms with E-state index in [4.69, 9.17) is 9.41 Å². The first-order valence-electron chi connectivity index (χ1n) is 8.73. The third kappa shape index (κ3) is 3.75. The zero-order valence-corrected chi connectivity index (χ0v) is 18.7. The number of rotatable bonds is 4. The number of aromatic nitrogens is 4. The van der Waals surface area contributed by atoms with Crippen LogP contribution in [0.15, 0.2) is 41.1 Å². The molecule has 7 heteroatoms. The quantitative estimate of drug-likeness (QED) is 0.498. The smallest absolute Gasteiger partial charge is 0.251 e. The van der Waals surface area contributed by atoms with Crippen molar-refractivity contribution >= 4 is 35.2 Å². The summed E-state index contributed by atoms with van der Waals surface area (Å²) >= 11 is 3.52. The Morgan fingerprint density at radius 1 is 1.19 bits per heavy atom. The molecular formula is C19H25BrN4OSi. The van der Waals surface area contributed by atoms with Crippen molar-refractivity contribution in [1.29, 1.82) is 0 Å². The monoisotopic (exact) mass is 432 g/mol. The summed E-state index contributed by atoms with van der Waals surface area (Å²) in [6.45, 7) is 13.3. The summed E-state index contributed by atoms with van der Waals surface area (Å²) in [7, 11) is -1.87. The summed E-state index contributed by atoms with van der Waals surface area (Å²) in [6, 6.07) is 7.97. The lowest BCUT2D eigenvalue weighted by atomic mass is 10.2. The van der Waals surface area contributed by atoms with Gasteiger partial charge in [0.15, 0.2) is 8.32 Å². The van der Waals surface area contributed by atoms with Crippen molar-refractivity contribution in [2.75, 3.05) is 0 Å². The Morgan fingerprint density at radius 2 is 1.92 bits per heavy atom. The number of hydrogen-bond donors (Lipinski definition) is 0. The summed E-state index contributed by atoms with van der Waals surface area (Å²) in [5.74, 6) is 0.557. The van der Waals surface area contributed by atoms with Gasteiger partial charge in [0.05, 0.1) is 23.5 Å². The van der Waals surface area contributed by atoms with E-state index in [1.54, 1.807) is 10.9 Å². The molecule has 0 aliphatic heterocycles. The van der Waals surface area contributed by atoms with Crippen molar-refractivity contribution in [3.8, 4) is 5.95 Å². The molecule has 2 heterocycles. The molecule has 138 valence electrons. The van der Waals surface area contributed by atoms with Crippen LogP contribution in [-0.4, -0.2) is 28.1 Å². The number of hydrogen-bond acceptors (Lipinski definition) is 4. The van der Waals surface area contributed by atoms with Crippen molar-refractivity contribution < 1.29 is 4.43 Å². The van der Waals surface area contributed by atoms with Gasteiger partial charge in [-0.3, -0.25) is 0 Å². The minimum Gasteiger partial charge on any atom is -0.409 e. The highest BCUT2D eigenvalue weighted by Gasteiger charge is 2.38. The Kier molecular flexibility index (Phi) is 5.07. The molecule has 0 spiro atoms. The maximum absolute atomic E-state index is 6.48. The average Bonchev–Trinajstić information content (AvgIpc) is 2.96. The number of halogens is 1. The highest BCUT2D eigenvalue weighted by Crippen LogP contribution is 2.39. The zero-order chi connectivity index (χ0) is 19.1. The Labute approximate surface area is 164 Å². The van der Waals surface area contributed by atoms with Crippen LogP contribution in [0, 0.1) is 0 Å². The van der Waals surface area contributed by atoms with Gasteiger partial charge in [0, 0.05) is 16.1 Å². The molecule has 0 radical (unpaired) electrons. The van der Waals surface area contributed by atoms with Crippen molar-refractivity contribution in [1.82, 2.24) is 19.7 Å². The number of nitrogens with zero attached hydrogens (tertiary/aromatic N) is 4. The molecular weight excluding hydrogens is 408 g/mol. The lowest BCUT2D eigenvalue weighted by Crippen LogP contribution is -2.41. The second-order valence-corrected chi connectivity index (χ2v) is 13.7. The van der Waals surface area contributed by atoms with Crippen molar-refractivity contribution in [2.45, 2.75) is 51.9 Å². The van der Waals surface area contributed by atoms with Crippen LogP contribution >= 0.6 is 15.9 Å². The van der Waals surface area contributed by atoms with Gasteiger partial charge in [-0.25, -0.2) is 9.97 Å². The van der Waals surface area contributed by atoms with Crippen molar-refractivity contribution in [3.63, 3.8) is 0 Å². The molecule has 1 unspecified atom stereocenters. The second kappa shape index (κ2) is 6.87. The lowest BCUT2D eigenvalue weighted by molar-refractivity contribution is 0.198. The van der Waals surface area contributed by atoms with Gasteiger partial charge in [0.2, 0.25) is 0 Å². The predicted molar refractivity (Wildman–Crippen MR) is 111 cm³/mol. The van der Waals surface area contributed by atoms with Gasteiger partial charge in [0.1, 0.15) is 0 Å². The second-order valence-electron chi connectivity index (χ2n) is 8.06. The van der Waals surface area contributed by atoms with Gasteiger partial charge in [-0.2, -0.15) is 9.78 Å². The molecule has 0 saturated carbocycles. The molecule has 0 aliphatic rings. The van der Waals surface area contributed by atoms with Crippen LogP contribution in [0.5, 0.6) is 0 Å². The average molecular weight is 433 g/mol. The van der Waals surface area contributed by atoms with E-state index < -0.39 is 8.32 Å². The standard InChI is InChI=1S/C19H25BrN4OSi/c1-13(25-26(5,6)19(2,3)4)16-9-10-21-18(23-16)24-17-11-15(20)8-7-14(17)12-22-24/h7-13H,1-6H3. The van der Waals surface area contributed by atoms with Gasteiger partial charge in [-0.15, -0.1) is 0 Å². The molecule has 26 heavy (non-hydrogen) atoms. The summed E-state index contributed by atoms with van der Waals surface area (Å²) in [4.78, 5) is 9.15. The summed E-state index contributed by atoms with van der Waals surface area (Å²) in [5.41, 5.74) is 1.84. The van der Waals surface area contributed by atoms with Gasteiger partial charge >= 0.3 is 0 Å². The lowest BCUT2D eigenvalue weighted by Gasteiger charge is -2.38. The van der Waals surface area contributed by atoms with E-state index in [9.17, 15) is 0 Å². The highest BCUT2D eigenvalue weighted by atomic mass is 79.9. The summed E-state index contributed by atoms with van der Waals surface area (Å²) in [6.07, 6.45) is 3.51. The van der Waals surface area contributed by atoms with E-state index in [1.165, 1.54) is 0 Å². The molecule has 5 nitrogen and oxygen atoms in total. The highest BCUT2D eigenvalue weighted by molar-refractivity contribution is 9.10. The van der Waals surface area contributed by atoms with E-state index >= 15 is 0 Å². The van der Waals surface area contributed by atoms with Crippen LogP contribution in [0.25, 0.3) is 16.9 Å². The fourth-order valence-electron chi connectivity index (χ4n) is 2.52. The van der Waals surface area contributed by atoms with E-state index in [-0.39, 0.29) is 11.1 Å². The molecule has 0 fully saturated rings. The third-order valence-electron chi connectivity index (χ3n) is 5.08. The van der Waals surface area contributed by atoms with Gasteiger partial charge in [0.25, 0.3) is 5.95 Å². The van der Waals surface area contributed by atoms with Crippen molar-refractivity contribution in [2.24, 2.45) is 0 Å². The first kappa shape index (κ1) is 19.2. The molecule has 0 saturated heterocycles. The number of fused-ring (bicyclic) bond motifs is 1. The van der Waals surface area contributed by atoms with E-state index in [1.807, 2.05) is 30.5 Å². The normalized spacial score (nSPS) is 14.0. The predicted octanol–water partition coefficient (Wildman–Crippen LogP) is 5.66. The largest absolute Gasteiger partial charge is 0.409 e. The van der Waals surface area contributed by atoms with Crippen LogP contribution in [0.3, 0.4) is 0 Å². The molecule has 1 aromatic carbocycles. The van der Waals surface area contributed by atoms with Crippen LogP contribution in [0.1, 0.15) is 39.5 Å². The Morgan fingerprint density at radius 3 is 2.62 bits per heavy atom.